The monoisotopic (exact) mass is 226 g/mol. The molecule has 16 heavy (non-hydrogen) atoms. The minimum Gasteiger partial charge on any atom is -0.489 e. The van der Waals surface area contributed by atoms with Crippen LogP contribution in [0.25, 0.3) is 0 Å². The van der Waals surface area contributed by atoms with Crippen LogP contribution in [0.2, 0.25) is 0 Å². The van der Waals surface area contributed by atoms with Crippen LogP contribution in [0.5, 0.6) is 5.75 Å². The Morgan fingerprint density at radius 1 is 1.25 bits per heavy atom. The predicted molar refractivity (Wildman–Crippen MR) is 66.1 cm³/mol. The van der Waals surface area contributed by atoms with Gasteiger partial charge in [-0.05, 0) is 6.07 Å². The summed E-state index contributed by atoms with van der Waals surface area (Å²) in [6.45, 7) is 1.01. The van der Waals surface area contributed by atoms with Gasteiger partial charge in [-0.15, -0.1) is 0 Å². The zero-order chi connectivity index (χ0) is 12.2. The predicted octanol–water partition coefficient (Wildman–Crippen LogP) is 0.735. The van der Waals surface area contributed by atoms with Crippen LogP contribution in [0.4, 0.5) is 11.4 Å². The number of para-hydroxylation sites is 1. The van der Waals surface area contributed by atoms with Crippen LogP contribution < -0.4 is 20.9 Å². The molecule has 1 aromatic rings. The van der Waals surface area contributed by atoms with Gasteiger partial charge in [0.25, 0.3) is 0 Å². The first-order chi connectivity index (χ1) is 7.46. The molecule has 0 amide bonds. The van der Waals surface area contributed by atoms with Crippen LogP contribution in [0.15, 0.2) is 18.2 Å². The summed E-state index contributed by atoms with van der Waals surface area (Å²) in [5, 5.41) is 0. The fraction of sp³-hybridized carbons (Fsp3) is 0.455. The Balaban J connectivity index is 2.87. The maximum absolute atomic E-state index is 5.99. The molecule has 1 aromatic carbocycles. The SMILES string of the molecule is COCCOc1cccc([N+](C)(C)N)c1N. The van der Waals surface area contributed by atoms with Gasteiger partial charge in [0.2, 0.25) is 0 Å². The van der Waals surface area contributed by atoms with E-state index in [1.807, 2.05) is 32.3 Å². The maximum Gasteiger partial charge on any atom is 0.178 e. The topological polar surface area (TPSA) is 70.5 Å². The Morgan fingerprint density at radius 3 is 2.50 bits per heavy atom. The number of hydrogen-bond donors (Lipinski definition) is 2. The second-order valence-corrected chi connectivity index (χ2v) is 4.07. The van der Waals surface area contributed by atoms with E-state index in [1.165, 1.54) is 0 Å². The van der Waals surface area contributed by atoms with Crippen LogP contribution in [-0.2, 0) is 4.74 Å². The summed E-state index contributed by atoms with van der Waals surface area (Å²) in [6.07, 6.45) is 0. The van der Waals surface area contributed by atoms with Crippen molar-refractivity contribution in [3.8, 4) is 5.75 Å². The van der Waals surface area contributed by atoms with E-state index in [0.29, 0.717) is 24.7 Å². The molecule has 90 valence electrons. The summed E-state index contributed by atoms with van der Waals surface area (Å²) < 4.78 is 10.6. The standard InChI is InChI=1S/C11H20N3O2/c1-14(2,13)9-5-4-6-10(11(9)12)16-8-7-15-3/h4-6H,7-8,12-13H2,1-3H3/q+1. The Labute approximate surface area is 96.1 Å². The number of quaternary nitrogens is 1. The number of rotatable bonds is 5. The average molecular weight is 226 g/mol. The zero-order valence-electron chi connectivity index (χ0n) is 10.1. The number of benzene rings is 1. The third kappa shape index (κ3) is 3.10. The van der Waals surface area contributed by atoms with E-state index >= 15 is 0 Å². The van der Waals surface area contributed by atoms with Crippen molar-refractivity contribution in [1.82, 2.24) is 4.59 Å². The minimum atomic E-state index is 0.174. The molecule has 0 radical (unpaired) electrons. The number of nitrogens with zero attached hydrogens (tertiary/aromatic N) is 1. The second-order valence-electron chi connectivity index (χ2n) is 4.07. The lowest BCUT2D eigenvalue weighted by Crippen LogP contribution is -2.48. The van der Waals surface area contributed by atoms with E-state index in [1.54, 1.807) is 7.11 Å². The Hall–Kier alpha value is -1.30. The summed E-state index contributed by atoms with van der Waals surface area (Å²) >= 11 is 0. The summed E-state index contributed by atoms with van der Waals surface area (Å²) in [6, 6.07) is 5.59. The largest absolute Gasteiger partial charge is 0.489 e. The van der Waals surface area contributed by atoms with Crippen molar-refractivity contribution in [1.29, 1.82) is 0 Å². The van der Waals surface area contributed by atoms with Gasteiger partial charge in [-0.25, -0.2) is 4.59 Å². The van der Waals surface area contributed by atoms with Gasteiger partial charge in [-0.2, -0.15) is 5.84 Å². The first-order valence-electron chi connectivity index (χ1n) is 5.10. The highest BCUT2D eigenvalue weighted by atomic mass is 16.5. The van der Waals surface area contributed by atoms with E-state index in [9.17, 15) is 0 Å². The fourth-order valence-electron chi connectivity index (χ4n) is 1.40. The molecule has 0 fully saturated rings. The molecule has 0 saturated heterocycles. The Kier molecular flexibility index (Phi) is 4.12. The van der Waals surface area contributed by atoms with Gasteiger partial charge in [0.1, 0.15) is 18.0 Å². The van der Waals surface area contributed by atoms with E-state index < -0.39 is 0 Å². The van der Waals surface area contributed by atoms with Crippen LogP contribution >= 0.6 is 0 Å². The van der Waals surface area contributed by atoms with Crippen LogP contribution in [0, 0.1) is 0 Å². The number of anilines is 1. The number of nitrogen functional groups attached to an aromatic ring is 1. The van der Waals surface area contributed by atoms with Crippen molar-refractivity contribution in [2.24, 2.45) is 5.84 Å². The highest BCUT2D eigenvalue weighted by Gasteiger charge is 2.19. The highest BCUT2D eigenvalue weighted by molar-refractivity contribution is 5.71. The van der Waals surface area contributed by atoms with Gasteiger partial charge in [0, 0.05) is 13.2 Å². The number of hydrogen-bond acceptors (Lipinski definition) is 4. The lowest BCUT2D eigenvalue weighted by Gasteiger charge is -2.24. The van der Waals surface area contributed by atoms with Gasteiger partial charge in [-0.3, -0.25) is 0 Å². The molecule has 0 unspecified atom stereocenters. The van der Waals surface area contributed by atoms with Gasteiger partial charge in [-0.1, -0.05) is 6.07 Å². The summed E-state index contributed by atoms with van der Waals surface area (Å²) in [5.74, 6) is 6.60. The molecule has 0 atom stereocenters. The summed E-state index contributed by atoms with van der Waals surface area (Å²) in [5.41, 5.74) is 7.39. The second kappa shape index (κ2) is 5.16. The molecule has 1 rings (SSSR count). The Morgan fingerprint density at radius 2 is 1.94 bits per heavy atom. The van der Waals surface area contributed by atoms with E-state index in [2.05, 4.69) is 0 Å². The van der Waals surface area contributed by atoms with Crippen molar-refractivity contribution in [2.45, 2.75) is 0 Å². The molecule has 0 bridgehead atoms. The molecule has 0 aliphatic rings. The lowest BCUT2D eigenvalue weighted by atomic mass is 10.2. The average Bonchev–Trinajstić information content (AvgIpc) is 2.19. The Bertz CT molecular complexity index is 348. The molecule has 0 saturated carbocycles. The molecule has 5 heteroatoms. The summed E-state index contributed by atoms with van der Waals surface area (Å²) in [4.78, 5) is 0. The molecule has 4 N–H and O–H groups in total. The van der Waals surface area contributed by atoms with Crippen molar-refractivity contribution >= 4 is 11.4 Å². The van der Waals surface area contributed by atoms with Crippen LogP contribution in [-0.4, -0.2) is 34.4 Å². The van der Waals surface area contributed by atoms with Gasteiger partial charge >= 0.3 is 0 Å². The quantitative estimate of drug-likeness (QED) is 0.255. The maximum atomic E-state index is 5.99. The zero-order valence-corrected chi connectivity index (χ0v) is 10.1. The van der Waals surface area contributed by atoms with Crippen molar-refractivity contribution in [3.63, 3.8) is 0 Å². The van der Waals surface area contributed by atoms with Gasteiger partial charge in [0.05, 0.1) is 20.7 Å². The number of ether oxygens (including phenoxy) is 2. The van der Waals surface area contributed by atoms with E-state index in [4.69, 9.17) is 21.1 Å². The van der Waals surface area contributed by atoms with E-state index in [0.717, 1.165) is 5.69 Å². The molecule has 5 nitrogen and oxygen atoms in total. The first kappa shape index (κ1) is 12.8. The van der Waals surface area contributed by atoms with Gasteiger partial charge < -0.3 is 15.2 Å². The molecule has 0 aliphatic heterocycles. The van der Waals surface area contributed by atoms with Crippen molar-refractivity contribution in [2.75, 3.05) is 40.2 Å². The molecular weight excluding hydrogens is 206 g/mol. The fourth-order valence-corrected chi connectivity index (χ4v) is 1.40. The van der Waals surface area contributed by atoms with Crippen molar-refractivity contribution < 1.29 is 9.47 Å². The molecule has 0 heterocycles. The van der Waals surface area contributed by atoms with Gasteiger partial charge in [0.15, 0.2) is 5.69 Å². The van der Waals surface area contributed by atoms with E-state index in [-0.39, 0.29) is 4.59 Å². The van der Waals surface area contributed by atoms with Crippen molar-refractivity contribution in [3.05, 3.63) is 18.2 Å². The van der Waals surface area contributed by atoms with Crippen LogP contribution in [0.1, 0.15) is 0 Å². The lowest BCUT2D eigenvalue weighted by molar-refractivity contribution is 0.146. The smallest absolute Gasteiger partial charge is 0.178 e. The molecular formula is C11H20N3O2+. The number of methoxy groups -OCH3 is 1. The third-order valence-corrected chi connectivity index (χ3v) is 2.21. The van der Waals surface area contributed by atoms with Crippen LogP contribution in [0.3, 0.4) is 0 Å². The first-order valence-corrected chi connectivity index (χ1v) is 5.10. The summed E-state index contributed by atoms with van der Waals surface area (Å²) in [7, 11) is 5.33. The molecule has 0 aliphatic carbocycles. The highest BCUT2D eigenvalue weighted by Crippen LogP contribution is 2.32. The molecule has 0 spiro atoms. The third-order valence-electron chi connectivity index (χ3n) is 2.21. The normalized spacial score (nSPS) is 11.5. The number of nitrogens with two attached hydrogens (primary N) is 2. The molecule has 0 aromatic heterocycles. The minimum absolute atomic E-state index is 0.174.